The van der Waals surface area contributed by atoms with Crippen LogP contribution in [0.5, 0.6) is 0 Å². The van der Waals surface area contributed by atoms with Crippen LogP contribution in [0.1, 0.15) is 18.9 Å². The van der Waals surface area contributed by atoms with Gasteiger partial charge in [-0.05, 0) is 6.42 Å². The fraction of sp³-hybridized carbons (Fsp3) is 0.400. The van der Waals surface area contributed by atoms with Gasteiger partial charge in [-0.3, -0.25) is 10.1 Å². The second kappa shape index (κ2) is 6.18. The van der Waals surface area contributed by atoms with Gasteiger partial charge in [0.15, 0.2) is 5.03 Å². The Morgan fingerprint density at radius 1 is 1.76 bits per heavy atom. The smallest absolute Gasteiger partial charge is 0.302 e. The summed E-state index contributed by atoms with van der Waals surface area (Å²) in [6, 6.07) is 3.02. The number of hydrogen-bond donors (Lipinski definition) is 1. The number of aliphatic hydroxyl groups is 1. The lowest BCUT2D eigenvalue weighted by atomic mass is 10.3. The molecule has 0 aromatic carbocycles. The summed E-state index contributed by atoms with van der Waals surface area (Å²) < 4.78 is 0. The minimum Gasteiger partial charge on any atom is -0.396 e. The molecule has 0 aliphatic rings. The highest BCUT2D eigenvalue weighted by Gasteiger charge is 2.19. The third-order valence-electron chi connectivity index (χ3n) is 2.01. The summed E-state index contributed by atoms with van der Waals surface area (Å²) in [4.78, 5) is 14.2. The first-order valence-electron chi connectivity index (χ1n) is 4.90. The van der Waals surface area contributed by atoms with Crippen molar-refractivity contribution >= 4 is 17.4 Å². The molecule has 0 spiro atoms. The topological polar surface area (TPSA) is 100 Å². The molecule has 0 bridgehead atoms. The van der Waals surface area contributed by atoms with Gasteiger partial charge in [-0.15, -0.1) is 0 Å². The number of aromatic nitrogens is 1. The van der Waals surface area contributed by atoms with E-state index in [0.29, 0.717) is 6.42 Å². The molecule has 1 aromatic heterocycles. The molecule has 90 valence electrons. The van der Waals surface area contributed by atoms with Crippen LogP contribution in [0.15, 0.2) is 17.3 Å². The van der Waals surface area contributed by atoms with E-state index in [0.717, 1.165) is 0 Å². The summed E-state index contributed by atoms with van der Waals surface area (Å²) in [5.74, 6) is 0. The van der Waals surface area contributed by atoms with Crippen LogP contribution in [0.25, 0.3) is 0 Å². The first-order chi connectivity index (χ1) is 8.08. The number of hydrogen-bond acceptors (Lipinski definition) is 6. The summed E-state index contributed by atoms with van der Waals surface area (Å²) in [6.45, 7) is 1.88. The maximum atomic E-state index is 10.8. The van der Waals surface area contributed by atoms with E-state index in [4.69, 9.17) is 10.4 Å². The lowest BCUT2D eigenvalue weighted by Gasteiger charge is -2.08. The first kappa shape index (κ1) is 13.4. The van der Waals surface area contributed by atoms with Gasteiger partial charge in [0, 0.05) is 24.1 Å². The Morgan fingerprint density at radius 2 is 2.47 bits per heavy atom. The molecule has 17 heavy (non-hydrogen) atoms. The molecule has 6 nitrogen and oxygen atoms in total. The summed E-state index contributed by atoms with van der Waals surface area (Å²) in [5, 5.41) is 28.5. The molecule has 0 saturated heterocycles. The van der Waals surface area contributed by atoms with E-state index >= 15 is 0 Å². The van der Waals surface area contributed by atoms with Crippen LogP contribution in [0.4, 0.5) is 5.69 Å². The normalized spacial score (nSPS) is 11.8. The van der Waals surface area contributed by atoms with Gasteiger partial charge in [0.25, 0.3) is 0 Å². The predicted octanol–water partition coefficient (Wildman–Crippen LogP) is 1.72. The van der Waals surface area contributed by atoms with Gasteiger partial charge in [0.1, 0.15) is 6.07 Å². The van der Waals surface area contributed by atoms with Gasteiger partial charge in [-0.1, -0.05) is 18.7 Å². The largest absolute Gasteiger partial charge is 0.396 e. The lowest BCUT2D eigenvalue weighted by Crippen LogP contribution is -2.02. The van der Waals surface area contributed by atoms with Crippen LogP contribution in [0, 0.1) is 21.4 Å². The van der Waals surface area contributed by atoms with Gasteiger partial charge in [0.05, 0.1) is 10.5 Å². The van der Waals surface area contributed by atoms with Crippen molar-refractivity contribution in [2.45, 2.75) is 23.6 Å². The van der Waals surface area contributed by atoms with Gasteiger partial charge in [-0.2, -0.15) is 5.26 Å². The zero-order chi connectivity index (χ0) is 12.8. The number of nitro groups is 1. The molecule has 0 saturated carbocycles. The van der Waals surface area contributed by atoms with Crippen LogP contribution in [-0.2, 0) is 0 Å². The van der Waals surface area contributed by atoms with Gasteiger partial charge in [-0.25, -0.2) is 4.98 Å². The van der Waals surface area contributed by atoms with E-state index in [2.05, 4.69) is 4.98 Å². The Balaban J connectivity index is 2.99. The standard InChI is InChI=1S/C10H11N3O3S/c1-7(2-3-14)17-10-9(13(15)16)4-8(5-11)6-12-10/h4,6-7,14H,2-3H2,1H3. The van der Waals surface area contributed by atoms with E-state index in [1.807, 2.05) is 13.0 Å². The maximum Gasteiger partial charge on any atom is 0.302 e. The monoisotopic (exact) mass is 253 g/mol. The number of nitriles is 1. The quantitative estimate of drug-likeness (QED) is 0.487. The number of pyridine rings is 1. The van der Waals surface area contributed by atoms with Crippen molar-refractivity contribution in [3.63, 3.8) is 0 Å². The zero-order valence-electron chi connectivity index (χ0n) is 9.16. The Morgan fingerprint density at radius 3 is 3.00 bits per heavy atom. The summed E-state index contributed by atoms with van der Waals surface area (Å²) >= 11 is 1.22. The number of rotatable bonds is 5. The van der Waals surface area contributed by atoms with Gasteiger partial charge < -0.3 is 5.11 Å². The number of aliphatic hydroxyl groups excluding tert-OH is 1. The van der Waals surface area contributed by atoms with Crippen molar-refractivity contribution in [3.8, 4) is 6.07 Å². The van der Waals surface area contributed by atoms with Crippen molar-refractivity contribution in [3.05, 3.63) is 27.9 Å². The van der Waals surface area contributed by atoms with E-state index in [9.17, 15) is 10.1 Å². The van der Waals surface area contributed by atoms with Crippen LogP contribution in [0.2, 0.25) is 0 Å². The molecule has 0 aliphatic carbocycles. The van der Waals surface area contributed by atoms with Gasteiger partial charge in [0.2, 0.25) is 0 Å². The van der Waals surface area contributed by atoms with Crippen LogP contribution >= 0.6 is 11.8 Å². The first-order valence-corrected chi connectivity index (χ1v) is 5.78. The van der Waals surface area contributed by atoms with E-state index in [1.165, 1.54) is 24.0 Å². The number of nitrogens with zero attached hydrogens (tertiary/aromatic N) is 3. The van der Waals surface area contributed by atoms with E-state index < -0.39 is 4.92 Å². The molecule has 0 radical (unpaired) electrons. The van der Waals surface area contributed by atoms with Crippen LogP contribution in [0.3, 0.4) is 0 Å². The molecule has 1 heterocycles. The van der Waals surface area contributed by atoms with Crippen molar-refractivity contribution < 1.29 is 10.0 Å². The zero-order valence-corrected chi connectivity index (χ0v) is 9.98. The Kier molecular flexibility index (Phi) is 4.87. The minimum absolute atomic E-state index is 0.0260. The Hall–Kier alpha value is -1.65. The second-order valence-electron chi connectivity index (χ2n) is 3.36. The van der Waals surface area contributed by atoms with Crippen LogP contribution in [-0.4, -0.2) is 26.9 Å². The third kappa shape index (κ3) is 3.69. The average molecular weight is 253 g/mol. The summed E-state index contributed by atoms with van der Waals surface area (Å²) in [7, 11) is 0. The van der Waals surface area contributed by atoms with Crippen molar-refractivity contribution in [1.82, 2.24) is 4.98 Å². The summed E-state index contributed by atoms with van der Waals surface area (Å²) in [6.07, 6.45) is 1.84. The second-order valence-corrected chi connectivity index (χ2v) is 4.79. The SMILES string of the molecule is CC(CCO)Sc1ncc(C#N)cc1[N+](=O)[O-]. The molecule has 0 aliphatic heterocycles. The fourth-order valence-electron chi connectivity index (χ4n) is 1.15. The highest BCUT2D eigenvalue weighted by Crippen LogP contribution is 2.31. The van der Waals surface area contributed by atoms with E-state index in [1.54, 1.807) is 0 Å². The van der Waals surface area contributed by atoms with Gasteiger partial charge >= 0.3 is 5.69 Å². The summed E-state index contributed by atoms with van der Waals surface area (Å²) in [5.41, 5.74) is -0.00491. The van der Waals surface area contributed by atoms with E-state index in [-0.39, 0.29) is 28.1 Å². The average Bonchev–Trinajstić information content (AvgIpc) is 2.29. The third-order valence-corrected chi connectivity index (χ3v) is 3.18. The Labute approximate surface area is 102 Å². The molecule has 1 rings (SSSR count). The molecular formula is C10H11N3O3S. The molecule has 0 amide bonds. The molecular weight excluding hydrogens is 242 g/mol. The predicted molar refractivity (Wildman–Crippen MR) is 62.6 cm³/mol. The highest BCUT2D eigenvalue weighted by atomic mass is 32.2. The number of thioether (sulfide) groups is 1. The molecule has 0 fully saturated rings. The fourth-order valence-corrected chi connectivity index (χ4v) is 2.13. The molecule has 1 atom stereocenters. The maximum absolute atomic E-state index is 10.8. The highest BCUT2D eigenvalue weighted by molar-refractivity contribution is 8.00. The Bertz CT molecular complexity index is 459. The molecule has 1 N–H and O–H groups in total. The van der Waals surface area contributed by atoms with Crippen LogP contribution < -0.4 is 0 Å². The molecule has 1 aromatic rings. The lowest BCUT2D eigenvalue weighted by molar-refractivity contribution is -0.388. The van der Waals surface area contributed by atoms with Crippen molar-refractivity contribution in [2.24, 2.45) is 0 Å². The minimum atomic E-state index is -0.554. The van der Waals surface area contributed by atoms with Crippen molar-refractivity contribution in [1.29, 1.82) is 5.26 Å². The molecule has 7 heteroatoms. The molecule has 1 unspecified atom stereocenters. The van der Waals surface area contributed by atoms with Crippen molar-refractivity contribution in [2.75, 3.05) is 6.61 Å².